The van der Waals surface area contributed by atoms with Crippen LogP contribution in [0.25, 0.3) is 0 Å². The third-order valence-corrected chi connectivity index (χ3v) is 4.48. The van der Waals surface area contributed by atoms with Crippen molar-refractivity contribution in [2.45, 2.75) is 32.0 Å². The Morgan fingerprint density at radius 3 is 2.67 bits per heavy atom. The average molecular weight is 457 g/mol. The fourth-order valence-electron chi connectivity index (χ4n) is 2.96. The molecule has 8 nitrogen and oxygen atoms in total. The second-order valence-electron chi connectivity index (χ2n) is 6.61. The quantitative estimate of drug-likeness (QED) is 0.615. The van der Waals surface area contributed by atoms with Crippen molar-refractivity contribution in [2.75, 3.05) is 18.9 Å². The number of pyridine rings is 1. The lowest BCUT2D eigenvalue weighted by atomic mass is 10.1. The number of hydrogen-bond acceptors (Lipinski definition) is 6. The van der Waals surface area contributed by atoms with E-state index in [9.17, 15) is 9.59 Å². The molecule has 0 saturated carbocycles. The van der Waals surface area contributed by atoms with Crippen molar-refractivity contribution in [1.29, 1.82) is 0 Å². The molecule has 1 aromatic heterocycles. The van der Waals surface area contributed by atoms with Crippen LogP contribution in [-0.2, 0) is 9.53 Å². The van der Waals surface area contributed by atoms with Crippen LogP contribution in [0.15, 0.2) is 36.5 Å². The molecule has 0 radical (unpaired) electrons. The standard InChI is InChI=1S/C20H24N4O4.2ClH/c1-12-3-5-15(24-20(26)17-6-4-14(11-21)28-17)18(9-12)27-13-7-8-23-16(10-13)19(25)22-2;;/h3,5,7-10,14,17H,4,6,11,21H2,1-2H3,(H,22,25)(H,24,26);2*1H/t14-,17+;;/m1../s1. The smallest absolute Gasteiger partial charge is 0.269 e. The van der Waals surface area contributed by atoms with Crippen molar-refractivity contribution in [3.63, 3.8) is 0 Å². The molecule has 3 rings (SSSR count). The molecule has 2 heterocycles. The zero-order valence-corrected chi connectivity index (χ0v) is 18.3. The van der Waals surface area contributed by atoms with Crippen LogP contribution in [0.1, 0.15) is 28.9 Å². The molecule has 1 fully saturated rings. The largest absolute Gasteiger partial charge is 0.455 e. The van der Waals surface area contributed by atoms with Gasteiger partial charge in [0, 0.05) is 25.9 Å². The Labute approximate surface area is 187 Å². The summed E-state index contributed by atoms with van der Waals surface area (Å²) in [7, 11) is 1.53. The molecule has 164 valence electrons. The number of rotatable bonds is 6. The van der Waals surface area contributed by atoms with E-state index in [1.54, 1.807) is 18.2 Å². The number of amides is 2. The minimum Gasteiger partial charge on any atom is -0.455 e. The van der Waals surface area contributed by atoms with E-state index in [1.807, 2.05) is 19.1 Å². The number of carbonyl (C=O) groups is 2. The highest BCUT2D eigenvalue weighted by molar-refractivity contribution is 5.96. The Kier molecular flexibility index (Phi) is 10.0. The number of nitrogens with two attached hydrogens (primary N) is 1. The van der Waals surface area contributed by atoms with Crippen LogP contribution >= 0.6 is 24.8 Å². The molecule has 1 aliphatic rings. The van der Waals surface area contributed by atoms with E-state index < -0.39 is 6.10 Å². The predicted molar refractivity (Wildman–Crippen MR) is 119 cm³/mol. The maximum atomic E-state index is 12.6. The van der Waals surface area contributed by atoms with Crippen molar-refractivity contribution in [2.24, 2.45) is 5.73 Å². The molecule has 2 amide bonds. The summed E-state index contributed by atoms with van der Waals surface area (Å²) < 4.78 is 11.6. The van der Waals surface area contributed by atoms with Gasteiger partial charge in [0.15, 0.2) is 5.75 Å². The van der Waals surface area contributed by atoms with Gasteiger partial charge in [0.05, 0.1) is 11.8 Å². The Hall–Kier alpha value is -2.39. The summed E-state index contributed by atoms with van der Waals surface area (Å²) >= 11 is 0. The fraction of sp³-hybridized carbons (Fsp3) is 0.350. The van der Waals surface area contributed by atoms with Crippen LogP contribution in [0.4, 0.5) is 5.69 Å². The average Bonchev–Trinajstić information content (AvgIpc) is 3.19. The minimum absolute atomic E-state index is 0. The Balaban J connectivity index is 0.00000225. The van der Waals surface area contributed by atoms with E-state index in [2.05, 4.69) is 15.6 Å². The van der Waals surface area contributed by atoms with E-state index >= 15 is 0 Å². The summed E-state index contributed by atoms with van der Waals surface area (Å²) in [5, 5.41) is 5.39. The van der Waals surface area contributed by atoms with Crippen molar-refractivity contribution in [3.8, 4) is 11.5 Å². The summed E-state index contributed by atoms with van der Waals surface area (Å²) in [6, 6.07) is 8.65. The number of carbonyl (C=O) groups excluding carboxylic acids is 2. The second-order valence-corrected chi connectivity index (χ2v) is 6.61. The van der Waals surface area contributed by atoms with Crippen LogP contribution in [-0.4, -0.2) is 42.6 Å². The fourth-order valence-corrected chi connectivity index (χ4v) is 2.96. The molecule has 0 bridgehead atoms. The first-order valence-corrected chi connectivity index (χ1v) is 9.13. The Bertz CT molecular complexity index is 882. The highest BCUT2D eigenvalue weighted by Gasteiger charge is 2.30. The lowest BCUT2D eigenvalue weighted by Crippen LogP contribution is -2.29. The van der Waals surface area contributed by atoms with E-state index in [4.69, 9.17) is 15.2 Å². The number of nitrogens with one attached hydrogen (secondary N) is 2. The highest BCUT2D eigenvalue weighted by atomic mass is 35.5. The van der Waals surface area contributed by atoms with Crippen LogP contribution in [0.3, 0.4) is 0 Å². The van der Waals surface area contributed by atoms with Gasteiger partial charge in [-0.15, -0.1) is 24.8 Å². The monoisotopic (exact) mass is 456 g/mol. The molecule has 0 aliphatic carbocycles. The van der Waals surface area contributed by atoms with Gasteiger partial charge in [-0.25, -0.2) is 0 Å². The second kappa shape index (κ2) is 11.7. The van der Waals surface area contributed by atoms with Crippen molar-refractivity contribution < 1.29 is 19.1 Å². The first-order valence-electron chi connectivity index (χ1n) is 9.13. The SMILES string of the molecule is CNC(=O)c1cc(Oc2cc(C)ccc2NC(=O)[C@@H]2CC[C@H](CN)O2)ccn1.Cl.Cl. The molecule has 1 saturated heterocycles. The minimum atomic E-state index is -0.525. The topological polar surface area (TPSA) is 116 Å². The number of ether oxygens (including phenoxy) is 2. The van der Waals surface area contributed by atoms with E-state index in [1.165, 1.54) is 13.2 Å². The van der Waals surface area contributed by atoms with Gasteiger partial charge in [-0.2, -0.15) is 0 Å². The van der Waals surface area contributed by atoms with Gasteiger partial charge in [-0.1, -0.05) is 6.07 Å². The Morgan fingerprint density at radius 1 is 1.23 bits per heavy atom. The van der Waals surface area contributed by atoms with Crippen molar-refractivity contribution in [1.82, 2.24) is 10.3 Å². The van der Waals surface area contributed by atoms with Crippen LogP contribution in [0, 0.1) is 6.92 Å². The van der Waals surface area contributed by atoms with E-state index in [0.29, 0.717) is 30.2 Å². The summed E-state index contributed by atoms with van der Waals surface area (Å²) in [6.45, 7) is 2.32. The summed E-state index contributed by atoms with van der Waals surface area (Å²) in [4.78, 5) is 28.3. The third kappa shape index (κ3) is 6.30. The lowest BCUT2D eigenvalue weighted by molar-refractivity contribution is -0.126. The zero-order chi connectivity index (χ0) is 20.1. The van der Waals surface area contributed by atoms with Gasteiger partial charge in [-0.3, -0.25) is 14.6 Å². The summed E-state index contributed by atoms with van der Waals surface area (Å²) in [5.41, 5.74) is 7.34. The van der Waals surface area contributed by atoms with Crippen molar-refractivity contribution in [3.05, 3.63) is 47.8 Å². The van der Waals surface area contributed by atoms with Crippen LogP contribution in [0.2, 0.25) is 0 Å². The molecule has 2 atom stereocenters. The van der Waals surface area contributed by atoms with E-state index in [-0.39, 0.29) is 48.4 Å². The van der Waals surface area contributed by atoms with Gasteiger partial charge in [-0.05, 0) is 43.5 Å². The van der Waals surface area contributed by atoms with Crippen LogP contribution < -0.4 is 21.1 Å². The molecular formula is C20H26Cl2N4O4. The van der Waals surface area contributed by atoms with Gasteiger partial charge in [0.25, 0.3) is 11.8 Å². The molecule has 2 aromatic rings. The number of halogens is 2. The molecule has 1 aromatic carbocycles. The maximum absolute atomic E-state index is 12.6. The number of aryl methyl sites for hydroxylation is 1. The van der Waals surface area contributed by atoms with Crippen LogP contribution in [0.5, 0.6) is 11.5 Å². The Morgan fingerprint density at radius 2 is 2.00 bits per heavy atom. The molecular weight excluding hydrogens is 431 g/mol. The van der Waals surface area contributed by atoms with Gasteiger partial charge in [0.1, 0.15) is 17.5 Å². The number of hydrogen-bond donors (Lipinski definition) is 3. The lowest BCUT2D eigenvalue weighted by Gasteiger charge is -2.16. The number of nitrogens with zero attached hydrogens (tertiary/aromatic N) is 1. The molecule has 4 N–H and O–H groups in total. The van der Waals surface area contributed by atoms with Crippen molar-refractivity contribution >= 4 is 42.3 Å². The maximum Gasteiger partial charge on any atom is 0.269 e. The predicted octanol–water partition coefficient (Wildman–Crippen LogP) is 2.83. The molecule has 0 unspecified atom stereocenters. The van der Waals surface area contributed by atoms with Gasteiger partial charge in [0.2, 0.25) is 0 Å². The van der Waals surface area contributed by atoms with Gasteiger partial charge >= 0.3 is 0 Å². The van der Waals surface area contributed by atoms with E-state index in [0.717, 1.165) is 12.0 Å². The molecule has 10 heteroatoms. The zero-order valence-electron chi connectivity index (χ0n) is 16.7. The first-order chi connectivity index (χ1) is 13.5. The highest BCUT2D eigenvalue weighted by Crippen LogP contribution is 2.31. The normalized spacial score (nSPS) is 17.3. The summed E-state index contributed by atoms with van der Waals surface area (Å²) in [5.74, 6) is 0.368. The molecule has 0 spiro atoms. The number of anilines is 1. The molecule has 30 heavy (non-hydrogen) atoms. The number of benzene rings is 1. The van der Waals surface area contributed by atoms with Gasteiger partial charge < -0.3 is 25.8 Å². The third-order valence-electron chi connectivity index (χ3n) is 4.48. The first kappa shape index (κ1) is 25.6. The number of aromatic nitrogens is 1. The molecule has 1 aliphatic heterocycles. The summed E-state index contributed by atoms with van der Waals surface area (Å²) in [6.07, 6.45) is 2.29.